The van der Waals surface area contributed by atoms with Gasteiger partial charge < -0.3 is 15.5 Å². The van der Waals surface area contributed by atoms with Crippen LogP contribution in [0.5, 0.6) is 0 Å². The third-order valence-electron chi connectivity index (χ3n) is 4.69. The number of nitrogens with zero attached hydrogens (tertiary/aromatic N) is 2. The number of aliphatic imine (C=N–C) groups is 1. The van der Waals surface area contributed by atoms with E-state index in [1.807, 2.05) is 0 Å². The summed E-state index contributed by atoms with van der Waals surface area (Å²) in [6, 6.07) is 2.56. The molecule has 2 rings (SSSR count). The van der Waals surface area contributed by atoms with Crippen molar-refractivity contribution in [1.29, 1.82) is 0 Å². The molecule has 6 heteroatoms. The van der Waals surface area contributed by atoms with Gasteiger partial charge in [-0.25, -0.2) is 4.99 Å². The molecule has 1 aliphatic carbocycles. The molecule has 2 unspecified atom stereocenters. The van der Waals surface area contributed by atoms with E-state index in [-0.39, 0.29) is 12.5 Å². The summed E-state index contributed by atoms with van der Waals surface area (Å²) in [5.74, 6) is 1.40. The van der Waals surface area contributed by atoms with Gasteiger partial charge in [0.25, 0.3) is 0 Å². The van der Waals surface area contributed by atoms with Gasteiger partial charge in [0.15, 0.2) is 5.96 Å². The van der Waals surface area contributed by atoms with Crippen molar-refractivity contribution in [2.75, 3.05) is 20.6 Å². The zero-order valence-electron chi connectivity index (χ0n) is 15.3. The van der Waals surface area contributed by atoms with Gasteiger partial charge in [0.2, 0.25) is 5.91 Å². The van der Waals surface area contributed by atoms with Crippen LogP contribution < -0.4 is 10.6 Å². The van der Waals surface area contributed by atoms with Crippen LogP contribution in [0, 0.1) is 12.8 Å². The van der Waals surface area contributed by atoms with Gasteiger partial charge in [-0.15, -0.1) is 11.3 Å². The average Bonchev–Trinajstić information content (AvgIpc) is 2.96. The van der Waals surface area contributed by atoms with E-state index >= 15 is 0 Å². The van der Waals surface area contributed by atoms with Gasteiger partial charge in [-0.2, -0.15) is 0 Å². The Morgan fingerprint density at radius 3 is 2.75 bits per heavy atom. The van der Waals surface area contributed by atoms with Crippen LogP contribution >= 0.6 is 11.3 Å². The number of hydrogen-bond acceptors (Lipinski definition) is 3. The Balaban J connectivity index is 2.00. The highest BCUT2D eigenvalue weighted by molar-refractivity contribution is 7.10. The van der Waals surface area contributed by atoms with Crippen molar-refractivity contribution in [2.24, 2.45) is 10.9 Å². The Labute approximate surface area is 149 Å². The van der Waals surface area contributed by atoms with Crippen molar-refractivity contribution in [3.8, 4) is 0 Å². The van der Waals surface area contributed by atoms with Crippen LogP contribution in [-0.4, -0.2) is 43.4 Å². The molecule has 0 spiro atoms. The first kappa shape index (κ1) is 18.8. The quantitative estimate of drug-likeness (QED) is 0.634. The third kappa shape index (κ3) is 5.51. The SMILES string of the molecule is Cc1ccsc1CNC(=NCC(=O)N(C)C)NC1CCCCC1C. The van der Waals surface area contributed by atoms with E-state index in [0.29, 0.717) is 12.0 Å². The van der Waals surface area contributed by atoms with Crippen LogP contribution in [0.2, 0.25) is 0 Å². The lowest BCUT2D eigenvalue weighted by atomic mass is 9.86. The fraction of sp³-hybridized carbons (Fsp3) is 0.667. The number of carbonyl (C=O) groups excluding carboxylic acids is 1. The normalized spacial score (nSPS) is 21.4. The maximum absolute atomic E-state index is 11.9. The largest absolute Gasteiger partial charge is 0.353 e. The second-order valence-corrected chi connectivity index (χ2v) is 7.85. The van der Waals surface area contributed by atoms with Gasteiger partial charge in [-0.1, -0.05) is 19.8 Å². The Bertz CT molecular complexity index is 567. The van der Waals surface area contributed by atoms with Crippen LogP contribution in [0.25, 0.3) is 0 Å². The van der Waals surface area contributed by atoms with Crippen LogP contribution in [0.4, 0.5) is 0 Å². The summed E-state index contributed by atoms with van der Waals surface area (Å²) in [4.78, 5) is 19.2. The Morgan fingerprint density at radius 1 is 1.38 bits per heavy atom. The van der Waals surface area contributed by atoms with Crippen LogP contribution in [0.1, 0.15) is 43.0 Å². The minimum absolute atomic E-state index is 0.0140. The van der Waals surface area contributed by atoms with Gasteiger partial charge in [0.1, 0.15) is 6.54 Å². The van der Waals surface area contributed by atoms with E-state index in [1.165, 1.54) is 36.1 Å². The van der Waals surface area contributed by atoms with E-state index < -0.39 is 0 Å². The van der Waals surface area contributed by atoms with Crippen molar-refractivity contribution < 1.29 is 4.79 Å². The molecule has 0 aromatic carbocycles. The molecule has 0 saturated heterocycles. The number of nitrogens with one attached hydrogen (secondary N) is 2. The van der Waals surface area contributed by atoms with Crippen molar-refractivity contribution in [3.05, 3.63) is 21.9 Å². The molecule has 0 aliphatic heterocycles. The van der Waals surface area contributed by atoms with Gasteiger partial charge in [-0.3, -0.25) is 4.79 Å². The van der Waals surface area contributed by atoms with Crippen molar-refractivity contribution in [2.45, 2.75) is 52.1 Å². The molecule has 1 fully saturated rings. The van der Waals surface area contributed by atoms with Crippen molar-refractivity contribution in [1.82, 2.24) is 15.5 Å². The van der Waals surface area contributed by atoms with Crippen molar-refractivity contribution >= 4 is 23.2 Å². The fourth-order valence-corrected chi connectivity index (χ4v) is 3.74. The number of likely N-dealkylation sites (N-methyl/N-ethyl adjacent to an activating group) is 1. The number of hydrogen-bond donors (Lipinski definition) is 2. The molecule has 24 heavy (non-hydrogen) atoms. The van der Waals surface area contributed by atoms with Gasteiger partial charge in [-0.05, 0) is 42.7 Å². The number of thiophene rings is 1. The zero-order chi connectivity index (χ0) is 17.5. The molecule has 2 N–H and O–H groups in total. The lowest BCUT2D eigenvalue weighted by molar-refractivity contribution is -0.127. The zero-order valence-corrected chi connectivity index (χ0v) is 16.1. The topological polar surface area (TPSA) is 56.7 Å². The Morgan fingerprint density at radius 2 is 2.12 bits per heavy atom. The monoisotopic (exact) mass is 350 g/mol. The molecular formula is C18H30N4OS. The highest BCUT2D eigenvalue weighted by atomic mass is 32.1. The number of rotatable bonds is 5. The Kier molecular flexibility index (Phi) is 7.09. The van der Waals surface area contributed by atoms with Crippen LogP contribution in [-0.2, 0) is 11.3 Å². The average molecular weight is 351 g/mol. The van der Waals surface area contributed by atoms with E-state index in [9.17, 15) is 4.79 Å². The summed E-state index contributed by atoms with van der Waals surface area (Å²) >= 11 is 1.75. The molecule has 0 bridgehead atoms. The molecule has 1 saturated carbocycles. The molecule has 5 nitrogen and oxygen atoms in total. The molecule has 2 atom stereocenters. The summed E-state index contributed by atoms with van der Waals surface area (Å²) in [5.41, 5.74) is 1.29. The third-order valence-corrected chi connectivity index (χ3v) is 5.71. The number of carbonyl (C=O) groups is 1. The smallest absolute Gasteiger partial charge is 0.243 e. The summed E-state index contributed by atoms with van der Waals surface area (Å²) in [6.45, 7) is 5.33. The molecular weight excluding hydrogens is 320 g/mol. The second kappa shape index (κ2) is 9.06. The highest BCUT2D eigenvalue weighted by Gasteiger charge is 2.22. The van der Waals surface area contributed by atoms with Gasteiger partial charge in [0, 0.05) is 25.0 Å². The molecule has 134 valence electrons. The first-order valence-corrected chi connectivity index (χ1v) is 9.63. The van der Waals surface area contributed by atoms with E-state index in [4.69, 9.17) is 0 Å². The van der Waals surface area contributed by atoms with Crippen LogP contribution in [0.3, 0.4) is 0 Å². The van der Waals surface area contributed by atoms with E-state index in [0.717, 1.165) is 12.5 Å². The molecule has 0 radical (unpaired) electrons. The minimum atomic E-state index is 0.0140. The summed E-state index contributed by atoms with van der Waals surface area (Å²) in [5, 5.41) is 9.06. The predicted octanol–water partition coefficient (Wildman–Crippen LogP) is 2.76. The molecule has 1 aromatic heterocycles. The maximum Gasteiger partial charge on any atom is 0.243 e. The highest BCUT2D eigenvalue weighted by Crippen LogP contribution is 2.23. The predicted molar refractivity (Wildman–Crippen MR) is 101 cm³/mol. The standard InChI is InChI=1S/C18H30N4OS/c1-13-7-5-6-8-15(13)21-18(20-12-17(23)22(3)4)19-11-16-14(2)9-10-24-16/h9-10,13,15H,5-8,11-12H2,1-4H3,(H2,19,20,21). The molecule has 1 aromatic rings. The number of guanidine groups is 1. The van der Waals surface area contributed by atoms with Crippen LogP contribution in [0.15, 0.2) is 16.4 Å². The van der Waals surface area contributed by atoms with Crippen molar-refractivity contribution in [3.63, 3.8) is 0 Å². The maximum atomic E-state index is 11.9. The molecule has 1 heterocycles. The van der Waals surface area contributed by atoms with Gasteiger partial charge >= 0.3 is 0 Å². The Hall–Kier alpha value is -1.56. The second-order valence-electron chi connectivity index (χ2n) is 6.85. The first-order chi connectivity index (χ1) is 11.5. The lowest BCUT2D eigenvalue weighted by Gasteiger charge is -2.31. The van der Waals surface area contributed by atoms with E-state index in [2.05, 4.69) is 40.9 Å². The molecule has 1 aliphatic rings. The number of aryl methyl sites for hydroxylation is 1. The molecule has 1 amide bonds. The summed E-state index contributed by atoms with van der Waals surface area (Å²) in [7, 11) is 3.52. The lowest BCUT2D eigenvalue weighted by Crippen LogP contribution is -2.47. The summed E-state index contributed by atoms with van der Waals surface area (Å²) in [6.07, 6.45) is 5.00. The number of amides is 1. The fourth-order valence-electron chi connectivity index (χ4n) is 2.90. The first-order valence-electron chi connectivity index (χ1n) is 8.75. The van der Waals surface area contributed by atoms with Gasteiger partial charge in [0.05, 0.1) is 6.54 Å². The van der Waals surface area contributed by atoms with E-state index in [1.54, 1.807) is 30.3 Å². The summed E-state index contributed by atoms with van der Waals surface area (Å²) < 4.78 is 0. The minimum Gasteiger partial charge on any atom is -0.353 e.